The lowest BCUT2D eigenvalue weighted by atomic mass is 9.70. The molecule has 3 rings (SSSR count). The maximum atomic E-state index is 5.20. The van der Waals surface area contributed by atoms with Crippen molar-refractivity contribution in [2.24, 2.45) is 5.92 Å². The number of nitrogens with zero attached hydrogens (tertiary/aromatic N) is 1. The third-order valence-corrected chi connectivity index (χ3v) is 5.16. The molecule has 1 aliphatic heterocycles. The summed E-state index contributed by atoms with van der Waals surface area (Å²) < 4.78 is 0. The monoisotopic (exact) mass is 256 g/mol. The molecule has 0 amide bonds. The highest BCUT2D eigenvalue weighted by molar-refractivity contribution is 5.26. The van der Waals surface area contributed by atoms with Crippen LogP contribution in [0.25, 0.3) is 0 Å². The standard InChI is InChI=1S/C18H26N/c1-2-5-11-16(10-4-1)18(14-8-9-15-19-18)17-12-6-3-7-13-17/h3,6-7,12-13,16H,1-2,4-5,8-11,14-15H2. The van der Waals surface area contributed by atoms with Crippen LogP contribution in [-0.4, -0.2) is 6.54 Å². The minimum atomic E-state index is 0.157. The maximum Gasteiger partial charge on any atom is 0.0633 e. The van der Waals surface area contributed by atoms with E-state index in [2.05, 4.69) is 30.3 Å². The lowest BCUT2D eigenvalue weighted by Gasteiger charge is -2.43. The lowest BCUT2D eigenvalue weighted by Crippen LogP contribution is -2.46. The van der Waals surface area contributed by atoms with Crippen molar-refractivity contribution >= 4 is 0 Å². The molecule has 1 nitrogen and oxygen atoms in total. The molecule has 1 radical (unpaired) electrons. The molecule has 1 saturated heterocycles. The summed E-state index contributed by atoms with van der Waals surface area (Å²) in [6, 6.07) is 11.2. The van der Waals surface area contributed by atoms with Crippen LogP contribution < -0.4 is 5.32 Å². The number of hydrogen-bond acceptors (Lipinski definition) is 0. The maximum absolute atomic E-state index is 5.20. The first-order valence-corrected chi connectivity index (χ1v) is 8.16. The molecule has 1 heterocycles. The molecule has 0 N–H and O–H groups in total. The predicted octanol–water partition coefficient (Wildman–Crippen LogP) is 4.64. The molecule has 1 saturated carbocycles. The highest BCUT2D eigenvalue weighted by Gasteiger charge is 2.41. The smallest absolute Gasteiger partial charge is 0.0633 e. The first-order valence-electron chi connectivity index (χ1n) is 8.16. The van der Waals surface area contributed by atoms with Crippen LogP contribution >= 0.6 is 0 Å². The molecule has 19 heavy (non-hydrogen) atoms. The average molecular weight is 256 g/mol. The molecule has 1 aliphatic carbocycles. The summed E-state index contributed by atoms with van der Waals surface area (Å²) >= 11 is 0. The predicted molar refractivity (Wildman–Crippen MR) is 80.2 cm³/mol. The van der Waals surface area contributed by atoms with Crippen molar-refractivity contribution in [2.45, 2.75) is 63.3 Å². The molecule has 2 fully saturated rings. The molecule has 2 aliphatic rings. The Morgan fingerprint density at radius 3 is 2.21 bits per heavy atom. The van der Waals surface area contributed by atoms with E-state index in [1.807, 2.05) is 0 Å². The van der Waals surface area contributed by atoms with Gasteiger partial charge in [-0.15, -0.1) is 0 Å². The van der Waals surface area contributed by atoms with Crippen LogP contribution in [0.4, 0.5) is 0 Å². The summed E-state index contributed by atoms with van der Waals surface area (Å²) in [6.07, 6.45) is 12.4. The fraction of sp³-hybridized carbons (Fsp3) is 0.667. The van der Waals surface area contributed by atoms with Gasteiger partial charge in [0.1, 0.15) is 0 Å². The molecule has 1 heteroatoms. The third kappa shape index (κ3) is 2.72. The summed E-state index contributed by atoms with van der Waals surface area (Å²) in [5.41, 5.74) is 1.64. The first kappa shape index (κ1) is 13.2. The van der Waals surface area contributed by atoms with Gasteiger partial charge >= 0.3 is 0 Å². The number of piperidine rings is 1. The van der Waals surface area contributed by atoms with Crippen molar-refractivity contribution in [3.8, 4) is 0 Å². The zero-order chi connectivity index (χ0) is 13.0. The van der Waals surface area contributed by atoms with Crippen molar-refractivity contribution in [3.05, 3.63) is 35.9 Å². The number of benzene rings is 1. The normalized spacial score (nSPS) is 29.9. The van der Waals surface area contributed by atoms with Gasteiger partial charge in [-0.2, -0.15) is 0 Å². The van der Waals surface area contributed by atoms with Crippen LogP contribution in [-0.2, 0) is 5.54 Å². The highest BCUT2D eigenvalue weighted by atomic mass is 15.0. The number of rotatable bonds is 2. The molecule has 1 aromatic rings. The summed E-state index contributed by atoms with van der Waals surface area (Å²) in [7, 11) is 0. The van der Waals surface area contributed by atoms with E-state index in [0.29, 0.717) is 0 Å². The van der Waals surface area contributed by atoms with Gasteiger partial charge in [0.05, 0.1) is 5.54 Å². The van der Waals surface area contributed by atoms with Crippen molar-refractivity contribution in [1.82, 2.24) is 5.32 Å². The third-order valence-electron chi connectivity index (χ3n) is 5.16. The average Bonchev–Trinajstić information content (AvgIpc) is 2.78. The molecule has 1 atom stereocenters. The fourth-order valence-electron chi connectivity index (χ4n) is 4.15. The Hall–Kier alpha value is -0.820. The zero-order valence-electron chi connectivity index (χ0n) is 12.0. The van der Waals surface area contributed by atoms with Crippen LogP contribution in [0, 0.1) is 5.92 Å². The van der Waals surface area contributed by atoms with Crippen LogP contribution in [0.2, 0.25) is 0 Å². The minimum Gasteiger partial charge on any atom is -0.230 e. The van der Waals surface area contributed by atoms with Gasteiger partial charge in [-0.3, -0.25) is 0 Å². The Balaban J connectivity index is 1.91. The Morgan fingerprint density at radius 1 is 0.842 bits per heavy atom. The second-order valence-electron chi connectivity index (χ2n) is 6.32. The number of hydrogen-bond donors (Lipinski definition) is 0. The Morgan fingerprint density at radius 2 is 1.58 bits per heavy atom. The van der Waals surface area contributed by atoms with E-state index < -0.39 is 0 Å². The Labute approximate surface area is 117 Å². The first-order chi connectivity index (χ1) is 9.42. The van der Waals surface area contributed by atoms with Crippen LogP contribution in [0.5, 0.6) is 0 Å². The second-order valence-corrected chi connectivity index (χ2v) is 6.32. The molecular weight excluding hydrogens is 230 g/mol. The van der Waals surface area contributed by atoms with E-state index in [-0.39, 0.29) is 5.54 Å². The lowest BCUT2D eigenvalue weighted by molar-refractivity contribution is 0.139. The molecule has 1 unspecified atom stereocenters. The molecular formula is C18H26N. The van der Waals surface area contributed by atoms with Crippen molar-refractivity contribution in [1.29, 1.82) is 0 Å². The molecule has 0 bridgehead atoms. The SMILES string of the molecule is c1ccc(C2(C3CCCCCC3)CCCC[N]2)cc1. The highest BCUT2D eigenvalue weighted by Crippen LogP contribution is 2.44. The van der Waals surface area contributed by atoms with Crippen LogP contribution in [0.3, 0.4) is 0 Å². The van der Waals surface area contributed by atoms with Crippen molar-refractivity contribution < 1.29 is 0 Å². The van der Waals surface area contributed by atoms with E-state index in [1.54, 1.807) is 0 Å². The van der Waals surface area contributed by atoms with Gasteiger partial charge < -0.3 is 0 Å². The quantitative estimate of drug-likeness (QED) is 0.684. The van der Waals surface area contributed by atoms with Gasteiger partial charge in [0.15, 0.2) is 0 Å². The van der Waals surface area contributed by atoms with E-state index in [4.69, 9.17) is 5.32 Å². The van der Waals surface area contributed by atoms with Gasteiger partial charge in [-0.05, 0) is 43.6 Å². The fourth-order valence-corrected chi connectivity index (χ4v) is 4.15. The van der Waals surface area contributed by atoms with Crippen molar-refractivity contribution in [2.75, 3.05) is 6.54 Å². The van der Waals surface area contributed by atoms with Gasteiger partial charge in [-0.1, -0.05) is 56.0 Å². The minimum absolute atomic E-state index is 0.157. The largest absolute Gasteiger partial charge is 0.230 e. The van der Waals surface area contributed by atoms with Gasteiger partial charge in [-0.25, -0.2) is 5.32 Å². The molecule has 1 aromatic carbocycles. The second kappa shape index (κ2) is 6.09. The summed E-state index contributed by atoms with van der Waals surface area (Å²) in [4.78, 5) is 0. The van der Waals surface area contributed by atoms with Gasteiger partial charge in [0, 0.05) is 6.54 Å². The van der Waals surface area contributed by atoms with Gasteiger partial charge in [0.25, 0.3) is 0 Å². The molecule has 0 aromatic heterocycles. The summed E-state index contributed by atoms with van der Waals surface area (Å²) in [5.74, 6) is 0.790. The zero-order valence-corrected chi connectivity index (χ0v) is 12.0. The Kier molecular flexibility index (Phi) is 4.22. The van der Waals surface area contributed by atoms with Crippen LogP contribution in [0.15, 0.2) is 30.3 Å². The van der Waals surface area contributed by atoms with E-state index >= 15 is 0 Å². The summed E-state index contributed by atoms with van der Waals surface area (Å²) in [6.45, 7) is 1.07. The molecule has 0 spiro atoms. The van der Waals surface area contributed by atoms with Gasteiger partial charge in [0.2, 0.25) is 0 Å². The van der Waals surface area contributed by atoms with E-state index in [9.17, 15) is 0 Å². The topological polar surface area (TPSA) is 14.1 Å². The van der Waals surface area contributed by atoms with Crippen molar-refractivity contribution in [3.63, 3.8) is 0 Å². The summed E-state index contributed by atoms with van der Waals surface area (Å²) in [5, 5.41) is 5.20. The molecule has 103 valence electrons. The van der Waals surface area contributed by atoms with Crippen LogP contribution in [0.1, 0.15) is 63.4 Å². The Bertz CT molecular complexity index is 370. The van der Waals surface area contributed by atoms with E-state index in [0.717, 1.165) is 12.5 Å². The van der Waals surface area contributed by atoms with E-state index in [1.165, 1.54) is 63.4 Å².